The van der Waals surface area contributed by atoms with Gasteiger partial charge in [0.05, 0.1) is 6.61 Å². The molecule has 0 radical (unpaired) electrons. The first kappa shape index (κ1) is 15.2. The van der Waals surface area contributed by atoms with E-state index in [0.29, 0.717) is 6.54 Å². The highest BCUT2D eigenvalue weighted by Gasteiger charge is 2.22. The lowest BCUT2D eigenvalue weighted by molar-refractivity contribution is 0.260. The maximum atomic E-state index is 8.89. The van der Waals surface area contributed by atoms with Gasteiger partial charge in [0, 0.05) is 24.5 Å². The molecule has 1 aromatic carbocycles. The minimum absolute atomic E-state index is 0.0248. The van der Waals surface area contributed by atoms with Crippen molar-refractivity contribution in [1.29, 1.82) is 0 Å². The maximum absolute atomic E-state index is 8.89. The number of benzene rings is 1. The van der Waals surface area contributed by atoms with Crippen molar-refractivity contribution >= 4 is 0 Å². The first-order chi connectivity index (χ1) is 8.36. The Hall–Kier alpha value is -0.900. The van der Waals surface area contributed by atoms with Crippen molar-refractivity contribution in [3.63, 3.8) is 0 Å². The van der Waals surface area contributed by atoms with Crippen LogP contribution in [0.25, 0.3) is 0 Å². The van der Waals surface area contributed by atoms with Crippen LogP contribution in [-0.4, -0.2) is 30.8 Å². The Morgan fingerprint density at radius 3 is 2.56 bits per heavy atom. The van der Waals surface area contributed by atoms with Crippen molar-refractivity contribution in [3.05, 3.63) is 34.9 Å². The lowest BCUT2D eigenvalue weighted by Gasteiger charge is -2.28. The topological polar surface area (TPSA) is 58.3 Å². The van der Waals surface area contributed by atoms with Gasteiger partial charge >= 0.3 is 0 Å². The Morgan fingerprint density at radius 2 is 2.00 bits per heavy atom. The van der Waals surface area contributed by atoms with E-state index in [2.05, 4.69) is 51.2 Å². The van der Waals surface area contributed by atoms with Gasteiger partial charge < -0.3 is 16.2 Å². The first-order valence-corrected chi connectivity index (χ1v) is 6.51. The fourth-order valence-corrected chi connectivity index (χ4v) is 2.30. The molecule has 0 bridgehead atoms. The Kier molecular flexibility index (Phi) is 5.32. The van der Waals surface area contributed by atoms with Crippen molar-refractivity contribution in [2.75, 3.05) is 19.7 Å². The van der Waals surface area contributed by atoms with Gasteiger partial charge in [-0.3, -0.25) is 0 Å². The van der Waals surface area contributed by atoms with E-state index in [0.717, 1.165) is 6.54 Å². The van der Waals surface area contributed by atoms with Gasteiger partial charge in [-0.05, 0) is 25.0 Å². The van der Waals surface area contributed by atoms with E-state index >= 15 is 0 Å². The number of aliphatic hydroxyl groups is 1. The molecule has 4 N–H and O–H groups in total. The zero-order valence-corrected chi connectivity index (χ0v) is 12.0. The van der Waals surface area contributed by atoms with Crippen LogP contribution in [0.4, 0.5) is 0 Å². The summed E-state index contributed by atoms with van der Waals surface area (Å²) in [6.45, 7) is 10.2. The van der Waals surface area contributed by atoms with E-state index in [9.17, 15) is 0 Å². The lowest BCUT2D eigenvalue weighted by atomic mass is 9.81. The van der Waals surface area contributed by atoms with Crippen molar-refractivity contribution < 1.29 is 5.11 Å². The van der Waals surface area contributed by atoms with Crippen LogP contribution in [0, 0.1) is 13.8 Å². The number of hydrogen-bond acceptors (Lipinski definition) is 3. The third-order valence-corrected chi connectivity index (χ3v) is 3.32. The maximum Gasteiger partial charge on any atom is 0.0594 e. The molecule has 3 heteroatoms. The van der Waals surface area contributed by atoms with E-state index in [-0.39, 0.29) is 18.1 Å². The highest BCUT2D eigenvalue weighted by atomic mass is 16.3. The van der Waals surface area contributed by atoms with Crippen LogP contribution in [0.5, 0.6) is 0 Å². The van der Waals surface area contributed by atoms with Crippen LogP contribution in [-0.2, 0) is 5.41 Å². The average molecular weight is 250 g/mol. The zero-order chi connectivity index (χ0) is 13.8. The van der Waals surface area contributed by atoms with Crippen LogP contribution >= 0.6 is 0 Å². The van der Waals surface area contributed by atoms with Crippen molar-refractivity contribution in [3.8, 4) is 0 Å². The molecule has 1 unspecified atom stereocenters. The Balaban J connectivity index is 2.67. The summed E-state index contributed by atoms with van der Waals surface area (Å²) in [6, 6.07) is 6.40. The molecule has 0 amide bonds. The van der Waals surface area contributed by atoms with Gasteiger partial charge in [0.1, 0.15) is 0 Å². The summed E-state index contributed by atoms with van der Waals surface area (Å²) in [4.78, 5) is 0. The monoisotopic (exact) mass is 250 g/mol. The largest absolute Gasteiger partial charge is 0.395 e. The summed E-state index contributed by atoms with van der Waals surface area (Å²) in [7, 11) is 0. The smallest absolute Gasteiger partial charge is 0.0594 e. The van der Waals surface area contributed by atoms with Crippen molar-refractivity contribution in [2.24, 2.45) is 5.73 Å². The molecule has 0 fully saturated rings. The molecule has 0 heterocycles. The summed E-state index contributed by atoms with van der Waals surface area (Å²) < 4.78 is 0. The number of nitrogens with two attached hydrogens (primary N) is 1. The summed E-state index contributed by atoms with van der Waals surface area (Å²) in [5.74, 6) is 0. The van der Waals surface area contributed by atoms with Crippen LogP contribution < -0.4 is 11.1 Å². The minimum Gasteiger partial charge on any atom is -0.395 e. The second-order valence-electron chi connectivity index (χ2n) is 5.78. The highest BCUT2D eigenvalue weighted by Crippen LogP contribution is 2.26. The summed E-state index contributed by atoms with van der Waals surface area (Å²) in [6.07, 6.45) is 0. The molecule has 1 rings (SSSR count). The molecule has 1 atom stereocenters. The summed E-state index contributed by atoms with van der Waals surface area (Å²) >= 11 is 0. The second kappa shape index (κ2) is 6.32. The molecule has 18 heavy (non-hydrogen) atoms. The van der Waals surface area contributed by atoms with E-state index in [1.165, 1.54) is 16.7 Å². The molecule has 102 valence electrons. The van der Waals surface area contributed by atoms with E-state index < -0.39 is 0 Å². The quantitative estimate of drug-likeness (QED) is 0.717. The third kappa shape index (κ3) is 4.09. The fraction of sp³-hybridized carbons (Fsp3) is 0.600. The van der Waals surface area contributed by atoms with Gasteiger partial charge in [0.25, 0.3) is 0 Å². The molecule has 0 aliphatic heterocycles. The van der Waals surface area contributed by atoms with E-state index in [4.69, 9.17) is 10.8 Å². The summed E-state index contributed by atoms with van der Waals surface area (Å²) in [5.41, 5.74) is 9.72. The number of aliphatic hydroxyl groups excluding tert-OH is 1. The number of rotatable bonds is 6. The second-order valence-corrected chi connectivity index (χ2v) is 5.78. The molecular formula is C15H26N2O. The SMILES string of the molecule is Cc1ccc(C(C)(C)CNCC(N)CO)c(C)c1. The lowest BCUT2D eigenvalue weighted by Crippen LogP contribution is -2.41. The van der Waals surface area contributed by atoms with E-state index in [1.54, 1.807) is 0 Å². The van der Waals surface area contributed by atoms with Crippen molar-refractivity contribution in [1.82, 2.24) is 5.32 Å². The van der Waals surface area contributed by atoms with Crippen LogP contribution in [0.2, 0.25) is 0 Å². The molecule has 0 spiro atoms. The normalized spacial score (nSPS) is 13.7. The third-order valence-electron chi connectivity index (χ3n) is 3.32. The minimum atomic E-state index is -0.181. The van der Waals surface area contributed by atoms with Crippen LogP contribution in [0.1, 0.15) is 30.5 Å². The molecule has 0 saturated heterocycles. The molecule has 0 aliphatic rings. The van der Waals surface area contributed by atoms with Crippen LogP contribution in [0.15, 0.2) is 18.2 Å². The van der Waals surface area contributed by atoms with Gasteiger partial charge in [0.15, 0.2) is 0 Å². The number of hydrogen-bond donors (Lipinski definition) is 3. The highest BCUT2D eigenvalue weighted by molar-refractivity contribution is 5.35. The predicted molar refractivity (Wildman–Crippen MR) is 76.9 cm³/mol. The van der Waals surface area contributed by atoms with Gasteiger partial charge in [-0.1, -0.05) is 37.6 Å². The number of aryl methyl sites for hydroxylation is 2. The van der Waals surface area contributed by atoms with Gasteiger partial charge in [-0.2, -0.15) is 0 Å². The van der Waals surface area contributed by atoms with Gasteiger partial charge in [0.2, 0.25) is 0 Å². The Labute approximate surface area is 110 Å². The zero-order valence-electron chi connectivity index (χ0n) is 12.0. The molecule has 0 saturated carbocycles. The van der Waals surface area contributed by atoms with Gasteiger partial charge in [-0.25, -0.2) is 0 Å². The standard InChI is InChI=1S/C15H26N2O/c1-11-5-6-14(12(2)7-11)15(3,4)10-17-8-13(16)9-18/h5-7,13,17-18H,8-10,16H2,1-4H3. The predicted octanol–water partition coefficient (Wildman–Crippen LogP) is 1.49. The molecule has 1 aromatic rings. The molecule has 3 nitrogen and oxygen atoms in total. The van der Waals surface area contributed by atoms with E-state index in [1.807, 2.05) is 0 Å². The van der Waals surface area contributed by atoms with Crippen molar-refractivity contribution in [2.45, 2.75) is 39.2 Å². The molecular weight excluding hydrogens is 224 g/mol. The Morgan fingerprint density at radius 1 is 1.33 bits per heavy atom. The fourth-order valence-electron chi connectivity index (χ4n) is 2.30. The summed E-state index contributed by atoms with van der Waals surface area (Å²) in [5, 5.41) is 12.2. The van der Waals surface area contributed by atoms with Gasteiger partial charge in [-0.15, -0.1) is 0 Å². The van der Waals surface area contributed by atoms with Crippen LogP contribution in [0.3, 0.4) is 0 Å². The Bertz CT molecular complexity index is 388. The average Bonchev–Trinajstić information content (AvgIpc) is 2.27. The molecule has 0 aliphatic carbocycles. The number of nitrogens with one attached hydrogen (secondary N) is 1. The first-order valence-electron chi connectivity index (χ1n) is 6.51. The molecule has 0 aromatic heterocycles.